The fourth-order valence-corrected chi connectivity index (χ4v) is 3.29. The van der Waals surface area contributed by atoms with Gasteiger partial charge in [0.25, 0.3) is 0 Å². The number of amides is 1. The van der Waals surface area contributed by atoms with E-state index in [2.05, 4.69) is 20.5 Å². The maximum Gasteiger partial charge on any atom is 0.230 e. The lowest BCUT2D eigenvalue weighted by Gasteiger charge is -2.12. The number of pyridine rings is 1. The van der Waals surface area contributed by atoms with Crippen molar-refractivity contribution >= 4 is 17.7 Å². The number of hydrogen-bond donors (Lipinski definition) is 1. The van der Waals surface area contributed by atoms with Crippen LogP contribution in [0.25, 0.3) is 17.1 Å². The number of rotatable bonds is 7. The van der Waals surface area contributed by atoms with Crippen LogP contribution in [0.3, 0.4) is 0 Å². The normalized spacial score (nSPS) is 10.4. The molecule has 8 heteroatoms. The highest BCUT2D eigenvalue weighted by atomic mass is 32.2. The van der Waals surface area contributed by atoms with Gasteiger partial charge in [-0.25, -0.2) is 0 Å². The van der Waals surface area contributed by atoms with E-state index < -0.39 is 0 Å². The summed E-state index contributed by atoms with van der Waals surface area (Å²) in [5.41, 5.74) is 2.87. The molecule has 0 unspecified atom stereocenters. The van der Waals surface area contributed by atoms with E-state index in [9.17, 15) is 4.79 Å². The highest BCUT2D eigenvalue weighted by molar-refractivity contribution is 7.99. The third-order valence-corrected chi connectivity index (χ3v) is 4.73. The molecule has 0 spiro atoms. The fourth-order valence-electron chi connectivity index (χ4n) is 2.52. The minimum atomic E-state index is -0.141. The zero-order valence-electron chi connectivity index (χ0n) is 14.8. The van der Waals surface area contributed by atoms with E-state index in [1.54, 1.807) is 12.4 Å². The minimum absolute atomic E-state index is 0.141. The van der Waals surface area contributed by atoms with Crippen LogP contribution >= 0.6 is 11.8 Å². The lowest BCUT2D eigenvalue weighted by Crippen LogP contribution is -2.26. The molecule has 1 amide bonds. The van der Waals surface area contributed by atoms with Crippen LogP contribution in [0.1, 0.15) is 12.0 Å². The second-order valence-electron chi connectivity index (χ2n) is 5.72. The van der Waals surface area contributed by atoms with E-state index in [4.69, 9.17) is 5.26 Å². The van der Waals surface area contributed by atoms with E-state index in [0.29, 0.717) is 23.9 Å². The maximum atomic E-state index is 12.0. The summed E-state index contributed by atoms with van der Waals surface area (Å²) in [5, 5.41) is 20.5. The SMILES string of the molecule is Cc1ccccc1-n1c(SCC(=O)NCCC#N)nnc1-c1cccnc1. The minimum Gasteiger partial charge on any atom is -0.354 e. The van der Waals surface area contributed by atoms with Crippen LogP contribution in [-0.4, -0.2) is 38.0 Å². The largest absolute Gasteiger partial charge is 0.354 e. The topological polar surface area (TPSA) is 96.5 Å². The first kappa shape index (κ1) is 18.6. The van der Waals surface area contributed by atoms with E-state index in [1.807, 2.05) is 54.0 Å². The van der Waals surface area contributed by atoms with Gasteiger partial charge >= 0.3 is 0 Å². The summed E-state index contributed by atoms with van der Waals surface area (Å²) in [5.74, 6) is 0.727. The predicted octanol–water partition coefficient (Wildman–Crippen LogP) is 2.76. The molecule has 2 heterocycles. The van der Waals surface area contributed by atoms with E-state index in [-0.39, 0.29) is 11.7 Å². The Hall–Kier alpha value is -3.18. The van der Waals surface area contributed by atoms with Gasteiger partial charge in [0.2, 0.25) is 5.91 Å². The van der Waals surface area contributed by atoms with Crippen molar-refractivity contribution in [1.29, 1.82) is 5.26 Å². The summed E-state index contributed by atoms with van der Waals surface area (Å²) in [6, 6.07) is 13.7. The summed E-state index contributed by atoms with van der Waals surface area (Å²) < 4.78 is 1.94. The summed E-state index contributed by atoms with van der Waals surface area (Å²) in [6.07, 6.45) is 3.74. The van der Waals surface area contributed by atoms with Crippen LogP contribution in [-0.2, 0) is 4.79 Å². The monoisotopic (exact) mass is 378 g/mol. The van der Waals surface area contributed by atoms with Gasteiger partial charge in [-0.1, -0.05) is 30.0 Å². The van der Waals surface area contributed by atoms with Gasteiger partial charge in [0.15, 0.2) is 11.0 Å². The number of carbonyl (C=O) groups excluding carboxylic acids is 1. The maximum absolute atomic E-state index is 12.0. The number of benzene rings is 1. The number of nitrogens with one attached hydrogen (secondary N) is 1. The molecule has 0 saturated heterocycles. The van der Waals surface area contributed by atoms with Gasteiger partial charge in [0.05, 0.1) is 23.9 Å². The van der Waals surface area contributed by atoms with Crippen LogP contribution < -0.4 is 5.32 Å². The number of aromatic nitrogens is 4. The molecular formula is C19H18N6OS. The first-order chi connectivity index (χ1) is 13.2. The average Bonchev–Trinajstić information content (AvgIpc) is 3.11. The van der Waals surface area contributed by atoms with Crippen molar-refractivity contribution in [2.24, 2.45) is 0 Å². The Morgan fingerprint density at radius 2 is 2.11 bits per heavy atom. The lowest BCUT2D eigenvalue weighted by molar-refractivity contribution is -0.118. The standard InChI is InChI=1S/C19H18N6OS/c1-14-6-2-3-8-16(14)25-18(15-7-4-10-21-12-15)23-24-19(25)27-13-17(26)22-11-5-9-20/h2-4,6-8,10,12H,5,11,13H2,1H3,(H,22,26). The highest BCUT2D eigenvalue weighted by Crippen LogP contribution is 2.28. The second kappa shape index (κ2) is 8.96. The Balaban J connectivity index is 1.91. The zero-order valence-corrected chi connectivity index (χ0v) is 15.6. The number of nitrogens with zero attached hydrogens (tertiary/aromatic N) is 5. The van der Waals surface area contributed by atoms with Gasteiger partial charge < -0.3 is 5.32 Å². The van der Waals surface area contributed by atoms with E-state index in [0.717, 1.165) is 16.8 Å². The van der Waals surface area contributed by atoms with Crippen LogP contribution in [0.2, 0.25) is 0 Å². The predicted molar refractivity (Wildman–Crippen MR) is 103 cm³/mol. The summed E-state index contributed by atoms with van der Waals surface area (Å²) >= 11 is 1.31. The molecule has 0 fully saturated rings. The second-order valence-corrected chi connectivity index (χ2v) is 6.66. The van der Waals surface area contributed by atoms with Gasteiger partial charge in [0.1, 0.15) is 0 Å². The van der Waals surface area contributed by atoms with Crippen molar-refractivity contribution in [3.05, 3.63) is 54.4 Å². The van der Waals surface area contributed by atoms with Crippen molar-refractivity contribution in [2.45, 2.75) is 18.5 Å². The average molecular weight is 378 g/mol. The summed E-state index contributed by atoms with van der Waals surface area (Å²) in [4.78, 5) is 16.1. The third-order valence-electron chi connectivity index (χ3n) is 3.80. The molecule has 27 heavy (non-hydrogen) atoms. The number of carbonyl (C=O) groups is 1. The molecule has 1 N–H and O–H groups in total. The molecule has 3 rings (SSSR count). The smallest absolute Gasteiger partial charge is 0.230 e. The zero-order chi connectivity index (χ0) is 19.1. The summed E-state index contributed by atoms with van der Waals surface area (Å²) in [7, 11) is 0. The molecule has 1 aromatic carbocycles. The van der Waals surface area contributed by atoms with Gasteiger partial charge in [0, 0.05) is 24.5 Å². The number of hydrogen-bond acceptors (Lipinski definition) is 6. The van der Waals surface area contributed by atoms with Gasteiger partial charge in [-0.2, -0.15) is 5.26 Å². The van der Waals surface area contributed by atoms with Gasteiger partial charge in [-0.3, -0.25) is 14.3 Å². The number of para-hydroxylation sites is 1. The lowest BCUT2D eigenvalue weighted by atomic mass is 10.2. The molecule has 7 nitrogen and oxygen atoms in total. The van der Waals surface area contributed by atoms with Crippen molar-refractivity contribution in [1.82, 2.24) is 25.1 Å². The Morgan fingerprint density at radius 3 is 2.85 bits per heavy atom. The molecule has 0 atom stereocenters. The molecule has 0 aliphatic carbocycles. The van der Waals surface area contributed by atoms with Crippen molar-refractivity contribution in [3.8, 4) is 23.1 Å². The Morgan fingerprint density at radius 1 is 1.26 bits per heavy atom. The van der Waals surface area contributed by atoms with Crippen molar-refractivity contribution in [2.75, 3.05) is 12.3 Å². The Kier molecular flexibility index (Phi) is 6.18. The highest BCUT2D eigenvalue weighted by Gasteiger charge is 2.18. The van der Waals surface area contributed by atoms with Gasteiger partial charge in [-0.15, -0.1) is 10.2 Å². The van der Waals surface area contributed by atoms with Crippen LogP contribution in [0.5, 0.6) is 0 Å². The Labute approximate surface area is 161 Å². The molecular weight excluding hydrogens is 360 g/mol. The first-order valence-electron chi connectivity index (χ1n) is 8.39. The molecule has 0 saturated carbocycles. The molecule has 0 bridgehead atoms. The van der Waals surface area contributed by atoms with Crippen LogP contribution in [0, 0.1) is 18.3 Å². The molecule has 0 radical (unpaired) electrons. The van der Waals surface area contributed by atoms with Gasteiger partial charge in [-0.05, 0) is 30.7 Å². The number of thioether (sulfide) groups is 1. The quantitative estimate of drug-likeness (QED) is 0.502. The molecule has 0 aliphatic heterocycles. The van der Waals surface area contributed by atoms with Crippen molar-refractivity contribution in [3.63, 3.8) is 0 Å². The molecule has 3 aromatic rings. The van der Waals surface area contributed by atoms with E-state index in [1.165, 1.54) is 11.8 Å². The fraction of sp³-hybridized carbons (Fsp3) is 0.211. The van der Waals surface area contributed by atoms with Crippen molar-refractivity contribution < 1.29 is 4.79 Å². The van der Waals surface area contributed by atoms with E-state index >= 15 is 0 Å². The van der Waals surface area contributed by atoms with Crippen LogP contribution in [0.4, 0.5) is 0 Å². The summed E-state index contributed by atoms with van der Waals surface area (Å²) in [6.45, 7) is 2.37. The van der Waals surface area contributed by atoms with Crippen LogP contribution in [0.15, 0.2) is 53.9 Å². The molecule has 136 valence electrons. The molecule has 2 aromatic heterocycles. The number of aryl methyl sites for hydroxylation is 1. The number of nitriles is 1. The third kappa shape index (κ3) is 4.51. The Bertz CT molecular complexity index is 964. The first-order valence-corrected chi connectivity index (χ1v) is 9.37. The molecule has 0 aliphatic rings.